The maximum atomic E-state index is 13.5. The minimum Gasteiger partial charge on any atom is -0.433 e. The van der Waals surface area contributed by atoms with E-state index in [0.29, 0.717) is 22.4 Å². The zero-order valence-corrected chi connectivity index (χ0v) is 14.0. The van der Waals surface area contributed by atoms with Crippen molar-refractivity contribution in [3.63, 3.8) is 0 Å². The summed E-state index contributed by atoms with van der Waals surface area (Å²) in [6.07, 6.45) is 3.13. The van der Waals surface area contributed by atoms with Crippen molar-refractivity contribution in [1.29, 1.82) is 0 Å². The fourth-order valence-electron chi connectivity index (χ4n) is 2.59. The summed E-state index contributed by atoms with van der Waals surface area (Å²) in [6, 6.07) is 9.53. The molecule has 0 spiro atoms. The zero-order valence-electron chi connectivity index (χ0n) is 13.2. The number of hydrogen-bond acceptors (Lipinski definition) is 6. The van der Waals surface area contributed by atoms with Crippen molar-refractivity contribution >= 4 is 34.1 Å². The van der Waals surface area contributed by atoms with Crippen LogP contribution in [0.4, 0.5) is 16.0 Å². The number of aromatic nitrogens is 2. The second-order valence-electron chi connectivity index (χ2n) is 5.46. The van der Waals surface area contributed by atoms with Gasteiger partial charge in [0.25, 0.3) is 5.88 Å². The van der Waals surface area contributed by atoms with Crippen LogP contribution in [-0.2, 0) is 0 Å². The van der Waals surface area contributed by atoms with Crippen molar-refractivity contribution in [2.75, 3.05) is 11.5 Å². The molecule has 3 aromatic heterocycles. The number of ether oxygens (including phenoxy) is 1. The van der Waals surface area contributed by atoms with Gasteiger partial charge in [-0.25, -0.2) is 14.4 Å². The molecular weight excluding hydrogens is 359 g/mol. The molecule has 0 bridgehead atoms. The third kappa shape index (κ3) is 2.68. The van der Waals surface area contributed by atoms with E-state index in [1.54, 1.807) is 30.5 Å². The first-order valence-corrected chi connectivity index (χ1v) is 7.93. The predicted octanol–water partition coefficient (Wildman–Crippen LogP) is 4.64. The third-order valence-corrected chi connectivity index (χ3v) is 4.11. The van der Waals surface area contributed by atoms with E-state index in [-0.39, 0.29) is 28.1 Å². The van der Waals surface area contributed by atoms with E-state index in [1.165, 1.54) is 18.3 Å². The second kappa shape index (κ2) is 6.20. The van der Waals surface area contributed by atoms with Crippen molar-refractivity contribution in [1.82, 2.24) is 9.97 Å². The minimum atomic E-state index is -0.519. The van der Waals surface area contributed by atoms with Gasteiger partial charge in [-0.05, 0) is 23.8 Å². The number of hydrogen-bond donors (Lipinski definition) is 2. The summed E-state index contributed by atoms with van der Waals surface area (Å²) in [5.74, 6) is 0.0224. The predicted molar refractivity (Wildman–Crippen MR) is 97.5 cm³/mol. The molecule has 0 aliphatic heterocycles. The Hall–Kier alpha value is -3.32. The van der Waals surface area contributed by atoms with E-state index in [1.807, 2.05) is 0 Å². The van der Waals surface area contributed by atoms with Gasteiger partial charge in [0.15, 0.2) is 0 Å². The van der Waals surface area contributed by atoms with E-state index in [9.17, 15) is 4.39 Å². The fraction of sp³-hybridized carbons (Fsp3) is 0. The number of pyridine rings is 2. The van der Waals surface area contributed by atoms with Crippen molar-refractivity contribution in [2.24, 2.45) is 0 Å². The average Bonchev–Trinajstić information content (AvgIpc) is 2.94. The van der Waals surface area contributed by atoms with Crippen molar-refractivity contribution in [3.8, 4) is 22.9 Å². The van der Waals surface area contributed by atoms with Gasteiger partial charge in [0.1, 0.15) is 11.5 Å². The highest BCUT2D eigenvalue weighted by Crippen LogP contribution is 2.42. The maximum Gasteiger partial charge on any atom is 0.265 e. The van der Waals surface area contributed by atoms with Gasteiger partial charge >= 0.3 is 0 Å². The van der Waals surface area contributed by atoms with Crippen LogP contribution in [0.2, 0.25) is 5.02 Å². The van der Waals surface area contributed by atoms with Gasteiger partial charge in [0.2, 0.25) is 17.3 Å². The molecule has 0 saturated carbocycles. The normalized spacial score (nSPS) is 11.0. The molecule has 4 aromatic rings. The van der Waals surface area contributed by atoms with Crippen LogP contribution in [0.25, 0.3) is 22.1 Å². The highest BCUT2D eigenvalue weighted by atomic mass is 35.5. The Kier molecular flexibility index (Phi) is 3.85. The average molecular weight is 371 g/mol. The minimum absolute atomic E-state index is 0.0144. The first kappa shape index (κ1) is 16.2. The molecule has 6 nitrogen and oxygen atoms in total. The molecule has 4 rings (SSSR count). The number of nitrogens with two attached hydrogens (primary N) is 2. The summed E-state index contributed by atoms with van der Waals surface area (Å²) < 4.78 is 24.7. The summed E-state index contributed by atoms with van der Waals surface area (Å²) >= 11 is 5.89. The van der Waals surface area contributed by atoms with E-state index in [0.717, 1.165) is 0 Å². The molecule has 0 saturated heterocycles. The van der Waals surface area contributed by atoms with Crippen LogP contribution in [0.15, 0.2) is 53.2 Å². The molecule has 0 aliphatic carbocycles. The van der Waals surface area contributed by atoms with Crippen LogP contribution in [0.1, 0.15) is 0 Å². The van der Waals surface area contributed by atoms with Gasteiger partial charge in [-0.1, -0.05) is 23.7 Å². The largest absolute Gasteiger partial charge is 0.433 e. The van der Waals surface area contributed by atoms with Crippen LogP contribution in [0.3, 0.4) is 0 Å². The molecule has 1 aromatic carbocycles. The number of fused-ring (bicyclic) bond motifs is 1. The van der Waals surface area contributed by atoms with Crippen LogP contribution < -0.4 is 16.2 Å². The van der Waals surface area contributed by atoms with E-state index >= 15 is 0 Å². The molecule has 8 heteroatoms. The molecule has 26 heavy (non-hydrogen) atoms. The molecule has 4 N–H and O–H groups in total. The molecule has 0 unspecified atom stereocenters. The van der Waals surface area contributed by atoms with Gasteiger partial charge in [-0.15, -0.1) is 0 Å². The van der Waals surface area contributed by atoms with Gasteiger partial charge in [0.05, 0.1) is 10.4 Å². The molecule has 0 radical (unpaired) electrons. The van der Waals surface area contributed by atoms with Gasteiger partial charge < -0.3 is 20.6 Å². The van der Waals surface area contributed by atoms with Crippen LogP contribution in [-0.4, -0.2) is 9.97 Å². The summed E-state index contributed by atoms with van der Waals surface area (Å²) in [4.78, 5) is 8.37. The first-order valence-electron chi connectivity index (χ1n) is 7.55. The molecule has 0 atom stereocenters. The Morgan fingerprint density at radius 3 is 2.69 bits per heavy atom. The van der Waals surface area contributed by atoms with Crippen molar-refractivity contribution in [2.45, 2.75) is 0 Å². The summed E-state index contributed by atoms with van der Waals surface area (Å²) in [7, 11) is 0. The fourth-order valence-corrected chi connectivity index (χ4v) is 2.77. The molecule has 0 aliphatic rings. The van der Waals surface area contributed by atoms with Crippen molar-refractivity contribution < 1.29 is 13.5 Å². The Morgan fingerprint density at radius 2 is 1.96 bits per heavy atom. The Morgan fingerprint density at radius 1 is 1.12 bits per heavy atom. The lowest BCUT2D eigenvalue weighted by atomic mass is 10.0. The van der Waals surface area contributed by atoms with E-state index < -0.39 is 5.82 Å². The lowest BCUT2D eigenvalue weighted by Gasteiger charge is -2.08. The number of anilines is 2. The van der Waals surface area contributed by atoms with Crippen molar-refractivity contribution in [3.05, 3.63) is 59.6 Å². The highest BCUT2D eigenvalue weighted by molar-refractivity contribution is 6.31. The molecular formula is C18H12ClFN4O2. The number of halogens is 2. The Labute approximate surface area is 152 Å². The molecule has 0 amide bonds. The standard InChI is InChI=1S/C18H12ClFN4O2/c19-11-7-9(4-5-12(11)20)10-8-24-18(25-13-3-1-2-6-23-13)16-14(10)15(21)17(22)26-16/h1-8H,21-22H2. The summed E-state index contributed by atoms with van der Waals surface area (Å²) in [6.45, 7) is 0. The topological polar surface area (TPSA) is 100 Å². The van der Waals surface area contributed by atoms with Gasteiger partial charge in [-0.2, -0.15) is 0 Å². The van der Waals surface area contributed by atoms with Crippen LogP contribution in [0, 0.1) is 5.82 Å². The number of furan rings is 1. The molecule has 130 valence electrons. The number of nitrogens with zero attached hydrogens (tertiary/aromatic N) is 2. The van der Waals surface area contributed by atoms with E-state index in [2.05, 4.69) is 9.97 Å². The molecule has 0 fully saturated rings. The zero-order chi connectivity index (χ0) is 18.3. The number of nitrogen functional groups attached to an aromatic ring is 2. The third-order valence-electron chi connectivity index (χ3n) is 3.82. The highest BCUT2D eigenvalue weighted by Gasteiger charge is 2.21. The lowest BCUT2D eigenvalue weighted by molar-refractivity contribution is 0.439. The monoisotopic (exact) mass is 370 g/mol. The maximum absolute atomic E-state index is 13.5. The summed E-state index contributed by atoms with van der Waals surface area (Å²) in [5, 5.41) is 0.491. The number of benzene rings is 1. The van der Waals surface area contributed by atoms with Crippen LogP contribution >= 0.6 is 11.6 Å². The summed E-state index contributed by atoms with van der Waals surface area (Å²) in [5.41, 5.74) is 13.6. The number of rotatable bonds is 3. The van der Waals surface area contributed by atoms with E-state index in [4.69, 9.17) is 32.2 Å². The lowest BCUT2D eigenvalue weighted by Crippen LogP contribution is -1.94. The van der Waals surface area contributed by atoms with Gasteiger partial charge in [0, 0.05) is 24.0 Å². The SMILES string of the molecule is Nc1oc2c(Oc3ccccn3)ncc(-c3ccc(F)c(Cl)c3)c2c1N. The van der Waals surface area contributed by atoms with Crippen LogP contribution in [0.5, 0.6) is 11.8 Å². The smallest absolute Gasteiger partial charge is 0.265 e. The second-order valence-corrected chi connectivity index (χ2v) is 5.87. The van der Waals surface area contributed by atoms with Gasteiger partial charge in [-0.3, -0.25) is 0 Å². The quantitative estimate of drug-likeness (QED) is 0.545. The molecule has 3 heterocycles. The first-order chi connectivity index (χ1) is 12.5. The Bertz CT molecular complexity index is 1120. The Balaban J connectivity index is 1.91.